The van der Waals surface area contributed by atoms with Crippen LogP contribution in [0.15, 0.2) is 0 Å². The lowest BCUT2D eigenvalue weighted by atomic mass is 9.99. The molecule has 140 valence electrons. The fourth-order valence-electron chi connectivity index (χ4n) is 2.65. The summed E-state index contributed by atoms with van der Waals surface area (Å²) in [6.45, 7) is 0.00226. The monoisotopic (exact) mass is 403 g/mol. The Morgan fingerprint density at radius 2 is 0.962 bits per heavy atom. The molecule has 0 spiro atoms. The first-order chi connectivity index (χ1) is 12.2. The third-order valence-corrected chi connectivity index (χ3v) is 5.24. The lowest BCUT2D eigenvalue weighted by Crippen LogP contribution is -2.16. The van der Waals surface area contributed by atoms with Gasteiger partial charge in [-0.05, 0) is 21.3 Å². The first-order valence-corrected chi connectivity index (χ1v) is 8.22. The van der Waals surface area contributed by atoms with Gasteiger partial charge in [-0.1, -0.05) is 0 Å². The molecule has 1 nitrogen and oxygen atoms in total. The number of nitrogens with zero attached hydrogens (tertiary/aromatic N) is 1. The molecule has 1 saturated heterocycles. The molecule has 0 amide bonds. The second-order valence-electron chi connectivity index (χ2n) is 5.34. The summed E-state index contributed by atoms with van der Waals surface area (Å²) >= 11 is 0. The first-order valence-electron chi connectivity index (χ1n) is 7.07. The Balaban J connectivity index is 2.47. The van der Waals surface area contributed by atoms with E-state index in [0.29, 0.717) is 12.6 Å². The SMILES string of the molecule is Fc1c(F)c(F)c(-c2c(F)c(F)c(F)c(F)c2N2CCCP2)c(F)c1F. The summed E-state index contributed by atoms with van der Waals surface area (Å²) in [6.07, 6.45) is 0.867. The molecule has 2 aromatic rings. The maximum Gasteiger partial charge on any atom is 0.200 e. The van der Waals surface area contributed by atoms with Crippen molar-refractivity contribution in [2.24, 2.45) is 0 Å². The minimum absolute atomic E-state index is 0.00226. The van der Waals surface area contributed by atoms with Gasteiger partial charge >= 0.3 is 0 Å². The van der Waals surface area contributed by atoms with Crippen LogP contribution < -0.4 is 4.67 Å². The predicted octanol–water partition coefficient (Wildman–Crippen LogP) is 5.41. The van der Waals surface area contributed by atoms with Crippen LogP contribution in [0.3, 0.4) is 0 Å². The highest BCUT2D eigenvalue weighted by molar-refractivity contribution is 7.40. The van der Waals surface area contributed by atoms with Crippen LogP contribution >= 0.6 is 8.73 Å². The van der Waals surface area contributed by atoms with E-state index in [4.69, 9.17) is 0 Å². The molecule has 1 aliphatic heterocycles. The quantitative estimate of drug-likeness (QED) is 0.281. The van der Waals surface area contributed by atoms with Crippen LogP contribution in [0.4, 0.5) is 45.2 Å². The van der Waals surface area contributed by atoms with Gasteiger partial charge < -0.3 is 4.67 Å². The summed E-state index contributed by atoms with van der Waals surface area (Å²) in [6, 6.07) is 0. The molecule has 1 aliphatic rings. The van der Waals surface area contributed by atoms with Crippen molar-refractivity contribution >= 4 is 14.4 Å². The second-order valence-corrected chi connectivity index (χ2v) is 6.69. The summed E-state index contributed by atoms with van der Waals surface area (Å²) in [4.78, 5) is 0. The van der Waals surface area contributed by atoms with Gasteiger partial charge in [-0.2, -0.15) is 0 Å². The van der Waals surface area contributed by atoms with Gasteiger partial charge in [0, 0.05) is 6.54 Å². The highest BCUT2D eigenvalue weighted by Gasteiger charge is 2.36. The molecular weight excluding hydrogens is 396 g/mol. The van der Waals surface area contributed by atoms with E-state index in [0.717, 1.165) is 4.67 Å². The molecule has 3 rings (SSSR count). The average molecular weight is 403 g/mol. The van der Waals surface area contributed by atoms with Gasteiger partial charge in [0.1, 0.15) is 0 Å². The van der Waals surface area contributed by atoms with E-state index in [1.54, 1.807) is 0 Å². The van der Waals surface area contributed by atoms with E-state index < -0.39 is 69.2 Å². The first kappa shape index (κ1) is 18.8. The number of halogens is 9. The molecule has 0 aliphatic carbocycles. The molecule has 1 heterocycles. The molecule has 0 saturated carbocycles. The highest BCUT2D eigenvalue weighted by Crippen LogP contribution is 2.46. The molecule has 0 N–H and O–H groups in total. The van der Waals surface area contributed by atoms with Crippen molar-refractivity contribution in [2.45, 2.75) is 6.42 Å². The molecule has 1 unspecified atom stereocenters. The number of hydrogen-bond acceptors (Lipinski definition) is 1. The van der Waals surface area contributed by atoms with E-state index in [-0.39, 0.29) is 15.3 Å². The van der Waals surface area contributed by atoms with E-state index in [2.05, 4.69) is 0 Å². The third-order valence-electron chi connectivity index (χ3n) is 3.83. The van der Waals surface area contributed by atoms with Crippen LogP contribution in [0.1, 0.15) is 6.42 Å². The molecule has 11 heteroatoms. The molecule has 1 atom stereocenters. The Labute approximate surface area is 142 Å². The van der Waals surface area contributed by atoms with Crippen molar-refractivity contribution in [3.05, 3.63) is 52.4 Å². The Morgan fingerprint density at radius 1 is 0.538 bits per heavy atom. The molecular formula is C15H7F9NP. The molecule has 1 fully saturated rings. The fraction of sp³-hybridized carbons (Fsp3) is 0.200. The third kappa shape index (κ3) is 2.62. The zero-order chi connectivity index (χ0) is 19.3. The van der Waals surface area contributed by atoms with Gasteiger partial charge in [0.2, 0.25) is 5.82 Å². The van der Waals surface area contributed by atoms with Crippen molar-refractivity contribution in [3.8, 4) is 11.1 Å². The molecule has 0 aromatic heterocycles. The van der Waals surface area contributed by atoms with Gasteiger partial charge in [0.05, 0.1) is 16.8 Å². The number of rotatable bonds is 2. The highest BCUT2D eigenvalue weighted by atomic mass is 31.1. The molecule has 2 aromatic carbocycles. The predicted molar refractivity (Wildman–Crippen MR) is 76.6 cm³/mol. The van der Waals surface area contributed by atoms with Gasteiger partial charge in [0.15, 0.2) is 46.5 Å². The Hall–Kier alpha value is -1.96. The summed E-state index contributed by atoms with van der Waals surface area (Å²) in [5.41, 5.74) is -4.49. The molecule has 0 bridgehead atoms. The Bertz CT molecular complexity index is 880. The number of benzene rings is 2. The van der Waals surface area contributed by atoms with E-state index >= 15 is 0 Å². The number of anilines is 1. The van der Waals surface area contributed by atoms with E-state index in [1.165, 1.54) is 0 Å². The maximum absolute atomic E-state index is 14.3. The van der Waals surface area contributed by atoms with Crippen LogP contribution in [-0.2, 0) is 0 Å². The molecule has 26 heavy (non-hydrogen) atoms. The van der Waals surface area contributed by atoms with Crippen LogP contribution in [0.25, 0.3) is 11.1 Å². The average Bonchev–Trinajstić information content (AvgIpc) is 3.15. The minimum atomic E-state index is -2.52. The maximum atomic E-state index is 14.3. The largest absolute Gasteiger partial charge is 0.350 e. The van der Waals surface area contributed by atoms with Crippen molar-refractivity contribution in [2.75, 3.05) is 17.4 Å². The Morgan fingerprint density at radius 3 is 1.42 bits per heavy atom. The summed E-state index contributed by atoms with van der Waals surface area (Å²) in [7, 11) is -0.279. The minimum Gasteiger partial charge on any atom is -0.350 e. The number of hydrogen-bond donors (Lipinski definition) is 0. The lowest BCUT2D eigenvalue weighted by molar-refractivity contribution is 0.379. The van der Waals surface area contributed by atoms with E-state index in [1.807, 2.05) is 0 Å². The zero-order valence-corrected chi connectivity index (χ0v) is 13.5. The van der Waals surface area contributed by atoms with Gasteiger partial charge in [-0.3, -0.25) is 0 Å². The Kier molecular flexibility index (Phi) is 4.81. The summed E-state index contributed by atoms with van der Waals surface area (Å²) in [5.74, 6) is -21.2. The standard InChI is InChI=1S/C15H7F9NP/c16-6-4(7(17)10(20)12(22)9(6)19)5-8(18)11(21)13(23)14(24)15(5)25-2-1-3-26-25/h26H,1-3H2. The van der Waals surface area contributed by atoms with Gasteiger partial charge in [-0.15, -0.1) is 0 Å². The zero-order valence-electron chi connectivity index (χ0n) is 12.5. The lowest BCUT2D eigenvalue weighted by Gasteiger charge is -2.23. The van der Waals surface area contributed by atoms with Gasteiger partial charge in [0.25, 0.3) is 0 Å². The molecule has 0 radical (unpaired) electrons. The summed E-state index contributed by atoms with van der Waals surface area (Å²) < 4.78 is 125. The topological polar surface area (TPSA) is 3.24 Å². The van der Waals surface area contributed by atoms with Crippen molar-refractivity contribution in [3.63, 3.8) is 0 Å². The normalized spacial score (nSPS) is 15.3. The van der Waals surface area contributed by atoms with E-state index in [9.17, 15) is 39.5 Å². The van der Waals surface area contributed by atoms with Crippen molar-refractivity contribution in [1.82, 2.24) is 0 Å². The van der Waals surface area contributed by atoms with Crippen molar-refractivity contribution in [1.29, 1.82) is 0 Å². The van der Waals surface area contributed by atoms with Crippen LogP contribution in [0.5, 0.6) is 0 Å². The van der Waals surface area contributed by atoms with Crippen LogP contribution in [-0.4, -0.2) is 12.7 Å². The second kappa shape index (κ2) is 6.64. The fourth-order valence-corrected chi connectivity index (χ4v) is 3.92. The van der Waals surface area contributed by atoms with Crippen LogP contribution in [0, 0.1) is 52.4 Å². The van der Waals surface area contributed by atoms with Crippen molar-refractivity contribution < 1.29 is 39.5 Å². The van der Waals surface area contributed by atoms with Gasteiger partial charge in [-0.25, -0.2) is 39.5 Å². The van der Waals surface area contributed by atoms with Crippen LogP contribution in [0.2, 0.25) is 0 Å². The smallest absolute Gasteiger partial charge is 0.200 e. The summed E-state index contributed by atoms with van der Waals surface area (Å²) in [5, 5.41) is 0.